The molecule has 0 aliphatic carbocycles. The summed E-state index contributed by atoms with van der Waals surface area (Å²) < 4.78 is 0. The molecule has 0 aromatic heterocycles. The standard InChI is InChI=1S/C23H46N6O5/c1-14(2)13-16(26)20(30)27-17(9-5-7-11-24)21(31)28-18(10-6-8-12-25)22(32)29-19(15(3)4)23(33)34/h14-19H,5-13,24-26H2,1-4H3,(H,27,30)(H,28,31)(H,29,32)(H,33,34). The Morgan fingerprint density at radius 3 is 1.56 bits per heavy atom. The van der Waals surface area contributed by atoms with Crippen LogP contribution < -0.4 is 33.2 Å². The summed E-state index contributed by atoms with van der Waals surface area (Å²) in [5.41, 5.74) is 17.1. The van der Waals surface area contributed by atoms with Gasteiger partial charge in [0.15, 0.2) is 0 Å². The minimum atomic E-state index is -1.15. The van der Waals surface area contributed by atoms with Crippen molar-refractivity contribution < 1.29 is 24.3 Å². The van der Waals surface area contributed by atoms with Crippen LogP contribution in [-0.4, -0.2) is 66.1 Å². The molecule has 0 aliphatic rings. The number of carbonyl (C=O) groups is 4. The van der Waals surface area contributed by atoms with E-state index in [1.54, 1.807) is 13.8 Å². The molecule has 0 aromatic rings. The van der Waals surface area contributed by atoms with Crippen molar-refractivity contribution in [3.63, 3.8) is 0 Å². The predicted octanol–water partition coefficient (Wildman–Crippen LogP) is -0.187. The van der Waals surface area contributed by atoms with Gasteiger partial charge in [-0.15, -0.1) is 0 Å². The van der Waals surface area contributed by atoms with Gasteiger partial charge in [-0.05, 0) is 69.9 Å². The first-order chi connectivity index (χ1) is 15.9. The first-order valence-electron chi connectivity index (χ1n) is 12.2. The van der Waals surface area contributed by atoms with E-state index in [-0.39, 0.29) is 18.3 Å². The van der Waals surface area contributed by atoms with Crippen LogP contribution in [0.15, 0.2) is 0 Å². The van der Waals surface area contributed by atoms with Gasteiger partial charge < -0.3 is 38.3 Å². The number of unbranched alkanes of at least 4 members (excludes halogenated alkanes) is 2. The fraction of sp³-hybridized carbons (Fsp3) is 0.826. The van der Waals surface area contributed by atoms with E-state index < -0.39 is 47.9 Å². The van der Waals surface area contributed by atoms with E-state index >= 15 is 0 Å². The van der Waals surface area contributed by atoms with E-state index in [0.717, 1.165) is 0 Å². The Hall–Kier alpha value is -2.24. The summed E-state index contributed by atoms with van der Waals surface area (Å²) in [4.78, 5) is 50.0. The third-order valence-corrected chi connectivity index (χ3v) is 5.45. The van der Waals surface area contributed by atoms with Crippen molar-refractivity contribution in [2.75, 3.05) is 13.1 Å². The predicted molar refractivity (Wildman–Crippen MR) is 132 cm³/mol. The molecule has 3 amide bonds. The largest absolute Gasteiger partial charge is 0.480 e. The second-order valence-electron chi connectivity index (χ2n) is 9.50. The molecule has 4 atom stereocenters. The van der Waals surface area contributed by atoms with Gasteiger partial charge in [-0.2, -0.15) is 0 Å². The molecule has 4 unspecified atom stereocenters. The number of aliphatic carboxylic acids is 1. The molecule has 0 aromatic carbocycles. The third-order valence-electron chi connectivity index (χ3n) is 5.45. The molecular weight excluding hydrogens is 440 g/mol. The highest BCUT2D eigenvalue weighted by atomic mass is 16.4. The molecule has 34 heavy (non-hydrogen) atoms. The van der Waals surface area contributed by atoms with Crippen LogP contribution in [0.3, 0.4) is 0 Å². The Morgan fingerprint density at radius 2 is 1.18 bits per heavy atom. The molecule has 11 heteroatoms. The summed E-state index contributed by atoms with van der Waals surface area (Å²) in [6, 6.07) is -3.69. The summed E-state index contributed by atoms with van der Waals surface area (Å²) in [5.74, 6) is -2.82. The fourth-order valence-corrected chi connectivity index (χ4v) is 3.46. The number of hydrogen-bond acceptors (Lipinski definition) is 7. The zero-order valence-electron chi connectivity index (χ0n) is 21.1. The molecule has 0 spiro atoms. The second-order valence-corrected chi connectivity index (χ2v) is 9.50. The molecule has 10 N–H and O–H groups in total. The maximum Gasteiger partial charge on any atom is 0.326 e. The second kappa shape index (κ2) is 17.2. The quantitative estimate of drug-likeness (QED) is 0.129. The maximum atomic E-state index is 13.1. The zero-order valence-corrected chi connectivity index (χ0v) is 21.1. The Bertz CT molecular complexity index is 643. The summed E-state index contributed by atoms with van der Waals surface area (Å²) in [6.07, 6.45) is 3.59. The molecule has 198 valence electrons. The van der Waals surface area contributed by atoms with Crippen LogP contribution in [0.25, 0.3) is 0 Å². The SMILES string of the molecule is CC(C)CC(N)C(=O)NC(CCCCN)C(=O)NC(CCCCN)C(=O)NC(C(=O)O)C(C)C. The summed E-state index contributed by atoms with van der Waals surface area (Å²) >= 11 is 0. The van der Waals surface area contributed by atoms with Crippen LogP contribution in [0.1, 0.15) is 72.6 Å². The number of amides is 3. The summed E-state index contributed by atoms with van der Waals surface area (Å²) in [7, 11) is 0. The number of carbonyl (C=O) groups excluding carboxylic acids is 3. The molecule has 0 heterocycles. The molecule has 0 saturated carbocycles. The number of nitrogens with one attached hydrogen (secondary N) is 3. The number of nitrogens with two attached hydrogens (primary N) is 3. The first kappa shape index (κ1) is 31.8. The first-order valence-corrected chi connectivity index (χ1v) is 12.2. The van der Waals surface area contributed by atoms with Crippen molar-refractivity contribution >= 4 is 23.7 Å². The lowest BCUT2D eigenvalue weighted by atomic mass is 10.0. The Kier molecular flexibility index (Phi) is 16.1. The van der Waals surface area contributed by atoms with Crippen LogP contribution in [0, 0.1) is 11.8 Å². The highest BCUT2D eigenvalue weighted by Crippen LogP contribution is 2.09. The van der Waals surface area contributed by atoms with E-state index in [9.17, 15) is 24.3 Å². The molecule has 0 rings (SSSR count). The molecule has 0 bridgehead atoms. The molecule has 0 aliphatic heterocycles. The smallest absolute Gasteiger partial charge is 0.326 e. The van der Waals surface area contributed by atoms with Crippen molar-refractivity contribution in [1.82, 2.24) is 16.0 Å². The molecule has 11 nitrogen and oxygen atoms in total. The Morgan fingerprint density at radius 1 is 0.735 bits per heavy atom. The van der Waals surface area contributed by atoms with E-state index in [1.165, 1.54) is 0 Å². The highest BCUT2D eigenvalue weighted by Gasteiger charge is 2.31. The number of hydrogen-bond donors (Lipinski definition) is 7. The van der Waals surface area contributed by atoms with Crippen molar-refractivity contribution in [2.45, 2.75) is 96.8 Å². The van der Waals surface area contributed by atoms with Crippen molar-refractivity contribution in [2.24, 2.45) is 29.0 Å². The van der Waals surface area contributed by atoms with Gasteiger partial charge in [0.1, 0.15) is 18.1 Å². The van der Waals surface area contributed by atoms with Crippen molar-refractivity contribution in [1.29, 1.82) is 0 Å². The highest BCUT2D eigenvalue weighted by molar-refractivity contribution is 5.94. The van der Waals surface area contributed by atoms with Crippen molar-refractivity contribution in [3.8, 4) is 0 Å². The van der Waals surface area contributed by atoms with Crippen LogP contribution >= 0.6 is 0 Å². The van der Waals surface area contributed by atoms with E-state index in [2.05, 4.69) is 16.0 Å². The lowest BCUT2D eigenvalue weighted by Gasteiger charge is -2.26. The fourth-order valence-electron chi connectivity index (χ4n) is 3.46. The number of carboxylic acid groups (broad SMARTS) is 1. The lowest BCUT2D eigenvalue weighted by molar-refractivity contribution is -0.143. The van der Waals surface area contributed by atoms with E-state index in [4.69, 9.17) is 17.2 Å². The van der Waals surface area contributed by atoms with Crippen LogP contribution in [-0.2, 0) is 19.2 Å². The minimum absolute atomic E-state index is 0.212. The molecule has 0 radical (unpaired) electrons. The minimum Gasteiger partial charge on any atom is -0.480 e. The average molecular weight is 487 g/mol. The maximum absolute atomic E-state index is 13.1. The molecular formula is C23H46N6O5. The van der Waals surface area contributed by atoms with Crippen LogP contribution in [0.5, 0.6) is 0 Å². The van der Waals surface area contributed by atoms with E-state index in [1.807, 2.05) is 13.8 Å². The van der Waals surface area contributed by atoms with Gasteiger partial charge in [-0.25, -0.2) is 4.79 Å². The van der Waals surface area contributed by atoms with E-state index in [0.29, 0.717) is 51.6 Å². The molecule has 0 saturated heterocycles. The monoisotopic (exact) mass is 486 g/mol. The lowest BCUT2D eigenvalue weighted by Crippen LogP contribution is -2.57. The zero-order chi connectivity index (χ0) is 26.3. The summed E-state index contributed by atoms with van der Waals surface area (Å²) in [6.45, 7) is 8.15. The third kappa shape index (κ3) is 12.9. The number of rotatable bonds is 18. The van der Waals surface area contributed by atoms with Gasteiger partial charge in [0, 0.05) is 0 Å². The van der Waals surface area contributed by atoms with Gasteiger partial charge >= 0.3 is 5.97 Å². The van der Waals surface area contributed by atoms with Gasteiger partial charge in [-0.1, -0.05) is 27.7 Å². The average Bonchev–Trinajstić information content (AvgIpc) is 2.74. The topological polar surface area (TPSA) is 203 Å². The van der Waals surface area contributed by atoms with Gasteiger partial charge in [0.05, 0.1) is 6.04 Å². The van der Waals surface area contributed by atoms with Gasteiger partial charge in [0.25, 0.3) is 0 Å². The summed E-state index contributed by atoms with van der Waals surface area (Å²) in [5, 5.41) is 17.3. The van der Waals surface area contributed by atoms with Crippen LogP contribution in [0.2, 0.25) is 0 Å². The van der Waals surface area contributed by atoms with Gasteiger partial charge in [-0.3, -0.25) is 14.4 Å². The Labute approximate surface area is 203 Å². The Balaban J connectivity index is 5.50. The molecule has 0 fully saturated rings. The van der Waals surface area contributed by atoms with Crippen LogP contribution in [0.4, 0.5) is 0 Å². The van der Waals surface area contributed by atoms with Crippen molar-refractivity contribution in [3.05, 3.63) is 0 Å². The number of carboxylic acids is 1. The normalized spacial score (nSPS) is 14.9. The van der Waals surface area contributed by atoms with Gasteiger partial charge in [0.2, 0.25) is 17.7 Å².